The Bertz CT molecular complexity index is 446. The Labute approximate surface area is 119 Å². The van der Waals surface area contributed by atoms with Gasteiger partial charge in [-0.25, -0.2) is 4.39 Å². The van der Waals surface area contributed by atoms with Crippen LogP contribution in [0.4, 0.5) is 4.39 Å². The topological polar surface area (TPSA) is 45.2 Å². The van der Waals surface area contributed by atoms with Crippen LogP contribution in [0.25, 0.3) is 0 Å². The van der Waals surface area contributed by atoms with E-state index in [1.165, 1.54) is 18.7 Å². The van der Waals surface area contributed by atoms with Crippen molar-refractivity contribution in [1.29, 1.82) is 0 Å². The molecule has 1 N–H and O–H groups in total. The molecule has 1 unspecified atom stereocenters. The number of halogens is 1. The highest BCUT2D eigenvalue weighted by Crippen LogP contribution is 2.12. The molecular weight excluding hydrogens is 257 g/mol. The van der Waals surface area contributed by atoms with E-state index in [0.29, 0.717) is 13.0 Å². The highest BCUT2D eigenvalue weighted by molar-refractivity contribution is 5.76. The maximum Gasteiger partial charge on any atom is 0.223 e. The average molecular weight is 279 g/mol. The summed E-state index contributed by atoms with van der Waals surface area (Å²) >= 11 is 0. The second kappa shape index (κ2) is 7.33. The first kappa shape index (κ1) is 14.9. The molecule has 1 amide bonds. The lowest BCUT2D eigenvalue weighted by molar-refractivity contribution is -0.132. The van der Waals surface area contributed by atoms with E-state index in [0.717, 1.165) is 31.5 Å². The number of nitrogens with zero attached hydrogens (tertiary/aromatic N) is 2. The van der Waals surface area contributed by atoms with Crippen LogP contribution >= 0.6 is 0 Å². The van der Waals surface area contributed by atoms with Gasteiger partial charge in [-0.15, -0.1) is 0 Å². The van der Waals surface area contributed by atoms with Crippen LogP contribution in [-0.2, 0) is 4.79 Å². The molecule has 0 aliphatic carbocycles. The molecule has 0 radical (unpaired) electrons. The molecule has 5 heteroatoms. The van der Waals surface area contributed by atoms with E-state index >= 15 is 0 Å². The molecule has 2 rings (SSSR count). The van der Waals surface area contributed by atoms with Gasteiger partial charge in [-0.2, -0.15) is 0 Å². The normalized spacial score (nSPS) is 17.0. The minimum Gasteiger partial charge on any atom is -0.343 e. The van der Waals surface area contributed by atoms with E-state index in [1.54, 1.807) is 6.20 Å². The van der Waals surface area contributed by atoms with Crippen molar-refractivity contribution in [3.63, 3.8) is 0 Å². The zero-order valence-electron chi connectivity index (χ0n) is 11.9. The van der Waals surface area contributed by atoms with E-state index in [-0.39, 0.29) is 17.8 Å². The standard InChI is InChI=1S/C15H22FN3O/c1-12(13-9-14(16)11-17-10-13)18-6-5-15(20)19-7-3-2-4-8-19/h9-12,18H,2-8H2,1H3. The van der Waals surface area contributed by atoms with E-state index in [2.05, 4.69) is 10.3 Å². The van der Waals surface area contributed by atoms with Gasteiger partial charge in [-0.3, -0.25) is 9.78 Å². The number of pyridine rings is 1. The molecule has 1 aliphatic rings. The fourth-order valence-corrected chi connectivity index (χ4v) is 2.48. The van der Waals surface area contributed by atoms with Crippen LogP contribution in [0.5, 0.6) is 0 Å². The van der Waals surface area contributed by atoms with Gasteiger partial charge in [0, 0.05) is 38.3 Å². The molecule has 0 bridgehead atoms. The van der Waals surface area contributed by atoms with Crippen LogP contribution in [0.2, 0.25) is 0 Å². The predicted molar refractivity (Wildman–Crippen MR) is 75.7 cm³/mol. The Hall–Kier alpha value is -1.49. The summed E-state index contributed by atoms with van der Waals surface area (Å²) in [5.74, 6) is -0.123. The molecule has 0 saturated carbocycles. The number of hydrogen-bond acceptors (Lipinski definition) is 3. The molecule has 1 aliphatic heterocycles. The van der Waals surface area contributed by atoms with Crippen LogP contribution < -0.4 is 5.32 Å². The molecule has 20 heavy (non-hydrogen) atoms. The molecule has 4 nitrogen and oxygen atoms in total. The minimum atomic E-state index is -0.333. The number of rotatable bonds is 5. The smallest absolute Gasteiger partial charge is 0.223 e. The van der Waals surface area contributed by atoms with Crippen LogP contribution in [0.15, 0.2) is 18.5 Å². The Balaban J connectivity index is 1.73. The summed E-state index contributed by atoms with van der Waals surface area (Å²) in [4.78, 5) is 17.8. The van der Waals surface area contributed by atoms with Gasteiger partial charge in [-0.1, -0.05) is 0 Å². The van der Waals surface area contributed by atoms with Crippen molar-refractivity contribution >= 4 is 5.91 Å². The zero-order valence-corrected chi connectivity index (χ0v) is 11.9. The number of carbonyl (C=O) groups excluding carboxylic acids is 1. The minimum absolute atomic E-state index is 0.00708. The molecule has 110 valence electrons. The van der Waals surface area contributed by atoms with Gasteiger partial charge in [0.2, 0.25) is 5.91 Å². The van der Waals surface area contributed by atoms with Crippen LogP contribution in [-0.4, -0.2) is 35.4 Å². The maximum absolute atomic E-state index is 13.1. The molecule has 0 aromatic carbocycles. The fraction of sp³-hybridized carbons (Fsp3) is 0.600. The third kappa shape index (κ3) is 4.27. The Morgan fingerprint density at radius 1 is 1.40 bits per heavy atom. The van der Waals surface area contributed by atoms with Gasteiger partial charge in [-0.05, 0) is 37.8 Å². The van der Waals surface area contributed by atoms with Gasteiger partial charge in [0.1, 0.15) is 5.82 Å². The third-order valence-electron chi connectivity index (χ3n) is 3.72. The van der Waals surface area contributed by atoms with E-state index in [1.807, 2.05) is 11.8 Å². The van der Waals surface area contributed by atoms with Crippen molar-refractivity contribution < 1.29 is 9.18 Å². The number of nitrogens with one attached hydrogen (secondary N) is 1. The predicted octanol–water partition coefficient (Wildman–Crippen LogP) is 2.27. The quantitative estimate of drug-likeness (QED) is 0.899. The van der Waals surface area contributed by atoms with Gasteiger partial charge in [0.05, 0.1) is 6.20 Å². The second-order valence-corrected chi connectivity index (χ2v) is 5.30. The highest BCUT2D eigenvalue weighted by atomic mass is 19.1. The average Bonchev–Trinajstić information content (AvgIpc) is 2.48. The molecule has 1 atom stereocenters. The lowest BCUT2D eigenvalue weighted by Crippen LogP contribution is -2.37. The summed E-state index contributed by atoms with van der Waals surface area (Å²) in [5.41, 5.74) is 0.801. The molecule has 1 aromatic heterocycles. The number of hydrogen-bond donors (Lipinski definition) is 1. The third-order valence-corrected chi connectivity index (χ3v) is 3.72. The first-order chi connectivity index (χ1) is 9.66. The van der Waals surface area contributed by atoms with Crippen molar-refractivity contribution in [2.24, 2.45) is 0 Å². The summed E-state index contributed by atoms with van der Waals surface area (Å²) in [7, 11) is 0. The number of amides is 1. The molecule has 1 saturated heterocycles. The first-order valence-corrected chi connectivity index (χ1v) is 7.28. The summed E-state index contributed by atoms with van der Waals surface area (Å²) in [6, 6.07) is 1.46. The van der Waals surface area contributed by atoms with E-state index in [4.69, 9.17) is 0 Å². The first-order valence-electron chi connectivity index (χ1n) is 7.28. The molecule has 2 heterocycles. The van der Waals surface area contributed by atoms with Gasteiger partial charge in [0.25, 0.3) is 0 Å². The fourth-order valence-electron chi connectivity index (χ4n) is 2.48. The van der Waals surface area contributed by atoms with Crippen LogP contribution in [0.3, 0.4) is 0 Å². The summed E-state index contributed by atoms with van der Waals surface area (Å²) in [5, 5.41) is 3.24. The maximum atomic E-state index is 13.1. The largest absolute Gasteiger partial charge is 0.343 e. The monoisotopic (exact) mass is 279 g/mol. The molecule has 0 spiro atoms. The Morgan fingerprint density at radius 3 is 2.85 bits per heavy atom. The Morgan fingerprint density at radius 2 is 2.15 bits per heavy atom. The van der Waals surface area contributed by atoms with Crippen LogP contribution in [0, 0.1) is 5.82 Å². The van der Waals surface area contributed by atoms with E-state index in [9.17, 15) is 9.18 Å². The molecular formula is C15H22FN3O. The van der Waals surface area contributed by atoms with Crippen molar-refractivity contribution in [2.45, 2.75) is 38.6 Å². The zero-order chi connectivity index (χ0) is 14.4. The summed E-state index contributed by atoms with van der Waals surface area (Å²) < 4.78 is 13.1. The SMILES string of the molecule is CC(NCCC(=O)N1CCCCC1)c1cncc(F)c1. The van der Waals surface area contributed by atoms with E-state index < -0.39 is 0 Å². The summed E-state index contributed by atoms with van der Waals surface area (Å²) in [6.07, 6.45) is 6.79. The van der Waals surface area contributed by atoms with Crippen molar-refractivity contribution in [1.82, 2.24) is 15.2 Å². The molecule has 1 fully saturated rings. The van der Waals surface area contributed by atoms with Gasteiger partial charge < -0.3 is 10.2 Å². The highest BCUT2D eigenvalue weighted by Gasteiger charge is 2.16. The number of piperidine rings is 1. The lowest BCUT2D eigenvalue weighted by atomic mass is 10.1. The number of carbonyl (C=O) groups is 1. The van der Waals surface area contributed by atoms with Crippen molar-refractivity contribution in [3.8, 4) is 0 Å². The number of aromatic nitrogens is 1. The van der Waals surface area contributed by atoms with Gasteiger partial charge >= 0.3 is 0 Å². The second-order valence-electron chi connectivity index (χ2n) is 5.30. The Kier molecular flexibility index (Phi) is 5.47. The number of likely N-dealkylation sites (tertiary alicyclic amines) is 1. The van der Waals surface area contributed by atoms with Gasteiger partial charge in [0.15, 0.2) is 0 Å². The van der Waals surface area contributed by atoms with Crippen molar-refractivity contribution in [3.05, 3.63) is 29.8 Å². The lowest BCUT2D eigenvalue weighted by Gasteiger charge is -2.27. The van der Waals surface area contributed by atoms with Crippen LogP contribution in [0.1, 0.15) is 44.2 Å². The molecule has 1 aromatic rings. The summed E-state index contributed by atoms with van der Waals surface area (Å²) in [6.45, 7) is 4.33. The van der Waals surface area contributed by atoms with Crippen molar-refractivity contribution in [2.75, 3.05) is 19.6 Å².